The van der Waals surface area contributed by atoms with Crippen molar-refractivity contribution in [3.8, 4) is 0 Å². The van der Waals surface area contributed by atoms with E-state index >= 15 is 0 Å². The van der Waals surface area contributed by atoms with Gasteiger partial charge >= 0.3 is 5.97 Å². The summed E-state index contributed by atoms with van der Waals surface area (Å²) < 4.78 is 0. The normalized spacial score (nSPS) is 22.0. The Labute approximate surface area is 124 Å². The van der Waals surface area contributed by atoms with Crippen molar-refractivity contribution in [1.29, 1.82) is 0 Å². The lowest BCUT2D eigenvalue weighted by Gasteiger charge is -2.37. The van der Waals surface area contributed by atoms with E-state index in [4.69, 9.17) is 5.73 Å². The van der Waals surface area contributed by atoms with Crippen LogP contribution in [0.2, 0.25) is 0 Å². The number of piperidine rings is 1. The number of anilines is 1. The molecule has 0 radical (unpaired) electrons. The minimum Gasteiger partial charge on any atom is -0.481 e. The molecule has 1 atom stereocenters. The molecule has 1 aromatic carbocycles. The first-order chi connectivity index (χ1) is 9.90. The molecule has 21 heavy (non-hydrogen) atoms. The number of carbonyl (C=O) groups is 2. The van der Waals surface area contributed by atoms with Crippen molar-refractivity contribution < 1.29 is 14.7 Å². The first-order valence-corrected chi connectivity index (χ1v) is 7.26. The molecule has 0 aliphatic carbocycles. The second-order valence-electron chi connectivity index (χ2n) is 6.03. The van der Waals surface area contributed by atoms with Gasteiger partial charge in [0.25, 0.3) is 0 Å². The van der Waals surface area contributed by atoms with E-state index in [2.05, 4.69) is 0 Å². The number of likely N-dealkylation sites (tertiary alicyclic amines) is 1. The van der Waals surface area contributed by atoms with Gasteiger partial charge in [0.2, 0.25) is 5.91 Å². The Morgan fingerprint density at radius 3 is 2.62 bits per heavy atom. The molecule has 0 bridgehead atoms. The van der Waals surface area contributed by atoms with Crippen molar-refractivity contribution in [3.63, 3.8) is 0 Å². The first kappa shape index (κ1) is 15.4. The summed E-state index contributed by atoms with van der Waals surface area (Å²) in [5, 5.41) is 9.28. The van der Waals surface area contributed by atoms with Crippen LogP contribution in [0.1, 0.15) is 31.7 Å². The maximum Gasteiger partial charge on any atom is 0.311 e. The standard InChI is InChI=1S/C16H22N2O3/c1-16(15(20)21)9-2-10-18(11-16)14(19)8-5-12-3-6-13(17)7-4-12/h3-4,6-7H,2,5,8-11,17H2,1H3,(H,20,21). The summed E-state index contributed by atoms with van der Waals surface area (Å²) in [7, 11) is 0. The van der Waals surface area contributed by atoms with Gasteiger partial charge in [-0.2, -0.15) is 0 Å². The topological polar surface area (TPSA) is 83.6 Å². The highest BCUT2D eigenvalue weighted by molar-refractivity contribution is 5.79. The number of hydrogen-bond acceptors (Lipinski definition) is 3. The molecule has 1 aliphatic rings. The SMILES string of the molecule is CC1(C(=O)O)CCCN(C(=O)CCc2ccc(N)cc2)C1. The van der Waals surface area contributed by atoms with E-state index < -0.39 is 11.4 Å². The minimum atomic E-state index is -0.821. The molecule has 1 saturated heterocycles. The number of carbonyl (C=O) groups excluding carboxylic acids is 1. The van der Waals surface area contributed by atoms with E-state index in [0.717, 1.165) is 12.0 Å². The van der Waals surface area contributed by atoms with Crippen molar-refractivity contribution in [2.45, 2.75) is 32.6 Å². The van der Waals surface area contributed by atoms with E-state index in [1.54, 1.807) is 11.8 Å². The Morgan fingerprint density at radius 2 is 2.00 bits per heavy atom. The number of amides is 1. The molecule has 0 spiro atoms. The summed E-state index contributed by atoms with van der Waals surface area (Å²) in [6, 6.07) is 7.48. The van der Waals surface area contributed by atoms with Gasteiger partial charge in [0.15, 0.2) is 0 Å². The number of nitrogens with zero attached hydrogens (tertiary/aromatic N) is 1. The van der Waals surface area contributed by atoms with Crippen LogP contribution in [-0.4, -0.2) is 35.0 Å². The van der Waals surface area contributed by atoms with E-state index in [-0.39, 0.29) is 5.91 Å². The summed E-state index contributed by atoms with van der Waals surface area (Å²) in [5.74, 6) is -0.794. The van der Waals surface area contributed by atoms with Crippen molar-refractivity contribution in [3.05, 3.63) is 29.8 Å². The number of rotatable bonds is 4. The van der Waals surface area contributed by atoms with Crippen LogP contribution >= 0.6 is 0 Å². The van der Waals surface area contributed by atoms with Crippen molar-refractivity contribution in [1.82, 2.24) is 4.90 Å². The van der Waals surface area contributed by atoms with Gasteiger partial charge in [0.05, 0.1) is 5.41 Å². The molecule has 114 valence electrons. The fraction of sp³-hybridized carbons (Fsp3) is 0.500. The molecular formula is C16H22N2O3. The van der Waals surface area contributed by atoms with Crippen LogP contribution in [0.25, 0.3) is 0 Å². The molecule has 2 rings (SSSR count). The van der Waals surface area contributed by atoms with Crippen LogP contribution in [0.5, 0.6) is 0 Å². The van der Waals surface area contributed by atoms with Crippen molar-refractivity contribution in [2.24, 2.45) is 5.41 Å². The Kier molecular flexibility index (Phi) is 4.50. The predicted molar refractivity (Wildman–Crippen MR) is 80.7 cm³/mol. The van der Waals surface area contributed by atoms with Crippen LogP contribution in [-0.2, 0) is 16.0 Å². The zero-order valence-electron chi connectivity index (χ0n) is 12.3. The fourth-order valence-electron chi connectivity index (χ4n) is 2.72. The van der Waals surface area contributed by atoms with Crippen molar-refractivity contribution in [2.75, 3.05) is 18.8 Å². The lowest BCUT2D eigenvalue weighted by Crippen LogP contribution is -2.48. The molecular weight excluding hydrogens is 268 g/mol. The van der Waals surface area contributed by atoms with E-state index in [1.165, 1.54) is 0 Å². The van der Waals surface area contributed by atoms with Gasteiger partial charge in [-0.1, -0.05) is 12.1 Å². The molecule has 1 aromatic rings. The monoisotopic (exact) mass is 290 g/mol. The van der Waals surface area contributed by atoms with Gasteiger partial charge < -0.3 is 15.7 Å². The number of aliphatic carboxylic acids is 1. The summed E-state index contributed by atoms with van der Waals surface area (Å²) in [6.07, 6.45) is 2.43. The van der Waals surface area contributed by atoms with E-state index in [0.29, 0.717) is 38.0 Å². The molecule has 1 unspecified atom stereocenters. The smallest absolute Gasteiger partial charge is 0.311 e. The van der Waals surface area contributed by atoms with Gasteiger partial charge in [0.1, 0.15) is 0 Å². The van der Waals surface area contributed by atoms with Crippen molar-refractivity contribution >= 4 is 17.6 Å². The Hall–Kier alpha value is -2.04. The number of carboxylic acids is 1. The molecule has 1 heterocycles. The third-order valence-electron chi connectivity index (χ3n) is 4.17. The fourth-order valence-corrected chi connectivity index (χ4v) is 2.72. The molecule has 1 fully saturated rings. The third-order valence-corrected chi connectivity index (χ3v) is 4.17. The molecule has 0 aromatic heterocycles. The number of aryl methyl sites for hydroxylation is 1. The number of benzene rings is 1. The highest BCUT2D eigenvalue weighted by Gasteiger charge is 2.39. The van der Waals surface area contributed by atoms with Crippen LogP contribution in [0, 0.1) is 5.41 Å². The number of carboxylic acid groups (broad SMARTS) is 1. The molecule has 0 saturated carbocycles. The van der Waals surface area contributed by atoms with Gasteiger partial charge in [-0.05, 0) is 43.9 Å². The molecule has 5 nitrogen and oxygen atoms in total. The Morgan fingerprint density at radius 1 is 1.33 bits per heavy atom. The lowest BCUT2D eigenvalue weighted by atomic mass is 9.82. The van der Waals surface area contributed by atoms with Crippen LogP contribution in [0.15, 0.2) is 24.3 Å². The molecule has 3 N–H and O–H groups in total. The summed E-state index contributed by atoms with van der Waals surface area (Å²) in [6.45, 7) is 2.68. The lowest BCUT2D eigenvalue weighted by molar-refractivity contribution is -0.153. The quantitative estimate of drug-likeness (QED) is 0.830. The maximum absolute atomic E-state index is 12.3. The highest BCUT2D eigenvalue weighted by Crippen LogP contribution is 2.30. The maximum atomic E-state index is 12.3. The van der Waals surface area contributed by atoms with Gasteiger partial charge in [-0.15, -0.1) is 0 Å². The first-order valence-electron chi connectivity index (χ1n) is 7.26. The second kappa shape index (κ2) is 6.16. The Balaban J connectivity index is 1.91. The summed E-state index contributed by atoms with van der Waals surface area (Å²) in [4.78, 5) is 25.3. The highest BCUT2D eigenvalue weighted by atomic mass is 16.4. The summed E-state index contributed by atoms with van der Waals surface area (Å²) >= 11 is 0. The van der Waals surface area contributed by atoms with Crippen LogP contribution in [0.3, 0.4) is 0 Å². The van der Waals surface area contributed by atoms with E-state index in [1.807, 2.05) is 24.3 Å². The van der Waals surface area contributed by atoms with Crippen LogP contribution < -0.4 is 5.73 Å². The third kappa shape index (κ3) is 3.74. The second-order valence-corrected chi connectivity index (χ2v) is 6.03. The van der Waals surface area contributed by atoms with Gasteiger partial charge in [-0.25, -0.2) is 0 Å². The van der Waals surface area contributed by atoms with E-state index in [9.17, 15) is 14.7 Å². The average Bonchev–Trinajstić information content (AvgIpc) is 2.46. The zero-order chi connectivity index (χ0) is 15.5. The average molecular weight is 290 g/mol. The largest absolute Gasteiger partial charge is 0.481 e. The van der Waals surface area contributed by atoms with Gasteiger partial charge in [-0.3, -0.25) is 9.59 Å². The minimum absolute atomic E-state index is 0.0269. The van der Waals surface area contributed by atoms with Gasteiger partial charge in [0, 0.05) is 25.2 Å². The molecule has 1 aliphatic heterocycles. The summed E-state index contributed by atoms with van der Waals surface area (Å²) in [5.41, 5.74) is 6.59. The number of hydrogen-bond donors (Lipinski definition) is 2. The number of nitrogens with two attached hydrogens (primary N) is 1. The molecule has 5 heteroatoms. The molecule has 1 amide bonds. The number of nitrogen functional groups attached to an aromatic ring is 1. The predicted octanol–water partition coefficient (Wildman–Crippen LogP) is 1.91. The zero-order valence-corrected chi connectivity index (χ0v) is 12.3. The van der Waals surface area contributed by atoms with Crippen LogP contribution in [0.4, 0.5) is 5.69 Å². The Bertz CT molecular complexity index is 527.